The first-order chi connectivity index (χ1) is 8.52. The highest BCUT2D eigenvalue weighted by atomic mass is 79.9. The molecule has 1 aromatic carbocycles. The summed E-state index contributed by atoms with van der Waals surface area (Å²) in [6, 6.07) is 6.55. The molecule has 0 saturated carbocycles. The summed E-state index contributed by atoms with van der Waals surface area (Å²) in [7, 11) is -1.95. The predicted molar refractivity (Wildman–Crippen MR) is 75.0 cm³/mol. The lowest BCUT2D eigenvalue weighted by atomic mass is 10.4. The Labute approximate surface area is 116 Å². The fourth-order valence-corrected chi connectivity index (χ4v) is 3.06. The average molecular weight is 334 g/mol. The van der Waals surface area contributed by atoms with Crippen LogP contribution in [-0.2, 0) is 14.8 Å². The van der Waals surface area contributed by atoms with Crippen molar-refractivity contribution in [3.05, 3.63) is 41.4 Å². The van der Waals surface area contributed by atoms with Gasteiger partial charge in [-0.3, -0.25) is 0 Å². The lowest BCUT2D eigenvalue weighted by Crippen LogP contribution is -2.34. The Hall–Kier alpha value is -0.690. The van der Waals surface area contributed by atoms with Crippen LogP contribution in [0.4, 0.5) is 0 Å². The molecule has 0 unspecified atom stereocenters. The van der Waals surface area contributed by atoms with Crippen molar-refractivity contribution in [2.45, 2.75) is 4.90 Å². The van der Waals surface area contributed by atoms with E-state index in [1.165, 1.54) is 4.31 Å². The Bertz CT molecular complexity index is 485. The minimum absolute atomic E-state index is 0.266. The summed E-state index contributed by atoms with van der Waals surface area (Å²) in [4.78, 5) is 0.267. The molecule has 0 heterocycles. The first-order valence-electron chi connectivity index (χ1n) is 5.38. The number of rotatable bonds is 7. The van der Waals surface area contributed by atoms with E-state index in [1.54, 1.807) is 37.5 Å². The Kier molecular flexibility index (Phi) is 6.01. The van der Waals surface area contributed by atoms with Crippen molar-refractivity contribution < 1.29 is 13.2 Å². The third-order valence-electron chi connectivity index (χ3n) is 2.33. The zero-order valence-corrected chi connectivity index (χ0v) is 12.6. The highest BCUT2D eigenvalue weighted by Gasteiger charge is 2.22. The summed E-state index contributed by atoms with van der Waals surface area (Å²) in [6.45, 7) is 4.50. The van der Waals surface area contributed by atoms with E-state index >= 15 is 0 Å². The van der Waals surface area contributed by atoms with Crippen LogP contribution in [0.3, 0.4) is 0 Å². The summed E-state index contributed by atoms with van der Waals surface area (Å²) in [5.74, 6) is 0. The number of hydrogen-bond acceptors (Lipinski definition) is 3. The summed E-state index contributed by atoms with van der Waals surface area (Å²) < 4.78 is 31.8. The molecule has 1 aromatic rings. The Balaban J connectivity index is 3.00. The number of benzene rings is 1. The molecule has 18 heavy (non-hydrogen) atoms. The summed E-state index contributed by atoms with van der Waals surface area (Å²) in [5, 5.41) is 0. The summed E-state index contributed by atoms with van der Waals surface area (Å²) in [6.07, 6.45) is 1.56. The van der Waals surface area contributed by atoms with Gasteiger partial charge in [0.15, 0.2) is 0 Å². The second-order valence-corrected chi connectivity index (χ2v) is 6.45. The van der Waals surface area contributed by atoms with Gasteiger partial charge in [0.1, 0.15) is 0 Å². The van der Waals surface area contributed by atoms with Crippen LogP contribution >= 0.6 is 15.9 Å². The number of hydrogen-bond donors (Lipinski definition) is 0. The molecule has 0 saturated heterocycles. The molecule has 0 radical (unpaired) electrons. The maximum absolute atomic E-state index is 12.3. The molecular formula is C12H16BrNO3S. The van der Waals surface area contributed by atoms with Crippen LogP contribution in [0.25, 0.3) is 0 Å². The summed E-state index contributed by atoms with van der Waals surface area (Å²) >= 11 is 3.28. The molecule has 1 rings (SSSR count). The van der Waals surface area contributed by atoms with Crippen LogP contribution in [0.15, 0.2) is 46.3 Å². The van der Waals surface area contributed by atoms with Crippen LogP contribution in [0.2, 0.25) is 0 Å². The average Bonchev–Trinajstić information content (AvgIpc) is 2.35. The highest BCUT2D eigenvalue weighted by Crippen LogP contribution is 2.18. The molecule has 0 amide bonds. The molecule has 0 aromatic heterocycles. The lowest BCUT2D eigenvalue weighted by Gasteiger charge is -2.20. The minimum Gasteiger partial charge on any atom is -0.383 e. The van der Waals surface area contributed by atoms with Crippen LogP contribution in [0.1, 0.15) is 0 Å². The normalized spacial score (nSPS) is 11.7. The fraction of sp³-hybridized carbons (Fsp3) is 0.333. The molecule has 0 aliphatic heterocycles. The van der Waals surface area contributed by atoms with Gasteiger partial charge >= 0.3 is 0 Å². The molecule has 0 bridgehead atoms. The SMILES string of the molecule is C=CCN(CCOC)S(=O)(=O)c1ccc(Br)cc1. The number of methoxy groups -OCH3 is 1. The number of nitrogens with zero attached hydrogens (tertiary/aromatic N) is 1. The topological polar surface area (TPSA) is 46.6 Å². The molecule has 100 valence electrons. The van der Waals surface area contributed by atoms with Gasteiger partial charge in [-0.1, -0.05) is 22.0 Å². The zero-order chi connectivity index (χ0) is 13.6. The standard InChI is InChI=1S/C12H16BrNO3S/c1-3-8-14(9-10-17-2)18(15,16)12-6-4-11(13)5-7-12/h3-7H,1,8-10H2,2H3. The van der Waals surface area contributed by atoms with Gasteiger partial charge in [-0.2, -0.15) is 4.31 Å². The monoisotopic (exact) mass is 333 g/mol. The third kappa shape index (κ3) is 3.91. The second kappa shape index (κ2) is 7.04. The van der Waals surface area contributed by atoms with Crippen molar-refractivity contribution in [1.29, 1.82) is 0 Å². The van der Waals surface area contributed by atoms with Gasteiger partial charge < -0.3 is 4.74 Å². The van der Waals surface area contributed by atoms with E-state index in [9.17, 15) is 8.42 Å². The molecule has 0 spiro atoms. The van der Waals surface area contributed by atoms with E-state index in [4.69, 9.17) is 4.74 Å². The van der Waals surface area contributed by atoms with Crippen molar-refractivity contribution in [2.24, 2.45) is 0 Å². The van der Waals surface area contributed by atoms with Crippen LogP contribution in [-0.4, -0.2) is 39.5 Å². The third-order valence-corrected chi connectivity index (χ3v) is 4.74. The predicted octanol–water partition coefficient (Wildman–Crippen LogP) is 2.27. The smallest absolute Gasteiger partial charge is 0.243 e. The van der Waals surface area contributed by atoms with Crippen LogP contribution in [0, 0.1) is 0 Å². The van der Waals surface area contributed by atoms with Crippen LogP contribution < -0.4 is 0 Å². The van der Waals surface area contributed by atoms with Gasteiger partial charge in [0.25, 0.3) is 0 Å². The van der Waals surface area contributed by atoms with Crippen molar-refractivity contribution in [3.63, 3.8) is 0 Å². The van der Waals surface area contributed by atoms with E-state index in [0.717, 1.165) is 4.47 Å². The Morgan fingerprint density at radius 3 is 2.50 bits per heavy atom. The second-order valence-electron chi connectivity index (χ2n) is 3.60. The Morgan fingerprint density at radius 2 is 2.00 bits per heavy atom. The quantitative estimate of drug-likeness (QED) is 0.719. The minimum atomic E-state index is -3.49. The molecule has 4 nitrogen and oxygen atoms in total. The number of halogens is 1. The van der Waals surface area contributed by atoms with Gasteiger partial charge in [0.05, 0.1) is 11.5 Å². The van der Waals surface area contributed by atoms with Crippen molar-refractivity contribution in [2.75, 3.05) is 26.8 Å². The molecule has 0 fully saturated rings. The first-order valence-corrected chi connectivity index (χ1v) is 7.61. The van der Waals surface area contributed by atoms with Crippen molar-refractivity contribution in [1.82, 2.24) is 4.31 Å². The molecular weight excluding hydrogens is 318 g/mol. The first kappa shape index (κ1) is 15.4. The van der Waals surface area contributed by atoms with Crippen molar-refractivity contribution >= 4 is 26.0 Å². The van der Waals surface area contributed by atoms with Gasteiger partial charge in [-0.05, 0) is 24.3 Å². The summed E-state index contributed by atoms with van der Waals surface area (Å²) in [5.41, 5.74) is 0. The largest absolute Gasteiger partial charge is 0.383 e. The van der Waals surface area contributed by atoms with Gasteiger partial charge in [0.2, 0.25) is 10.0 Å². The molecule has 6 heteroatoms. The molecule has 0 aliphatic rings. The maximum Gasteiger partial charge on any atom is 0.243 e. The Morgan fingerprint density at radius 1 is 1.39 bits per heavy atom. The van der Waals surface area contributed by atoms with Crippen LogP contribution in [0.5, 0.6) is 0 Å². The molecule has 0 N–H and O–H groups in total. The van der Waals surface area contributed by atoms with Gasteiger partial charge in [-0.15, -0.1) is 6.58 Å². The van der Waals surface area contributed by atoms with E-state index in [2.05, 4.69) is 22.5 Å². The van der Waals surface area contributed by atoms with Gasteiger partial charge in [0, 0.05) is 24.7 Å². The van der Waals surface area contributed by atoms with E-state index in [0.29, 0.717) is 13.2 Å². The molecule has 0 aliphatic carbocycles. The van der Waals surface area contributed by atoms with Gasteiger partial charge in [-0.25, -0.2) is 8.42 Å². The number of sulfonamides is 1. The number of ether oxygens (including phenoxy) is 1. The zero-order valence-electron chi connectivity index (χ0n) is 10.2. The lowest BCUT2D eigenvalue weighted by molar-refractivity contribution is 0.182. The van der Waals surface area contributed by atoms with E-state index < -0.39 is 10.0 Å². The van der Waals surface area contributed by atoms with Crippen molar-refractivity contribution in [3.8, 4) is 0 Å². The highest BCUT2D eigenvalue weighted by molar-refractivity contribution is 9.10. The van der Waals surface area contributed by atoms with E-state index in [-0.39, 0.29) is 11.4 Å². The molecule has 0 atom stereocenters. The maximum atomic E-state index is 12.3. The van der Waals surface area contributed by atoms with E-state index in [1.807, 2.05) is 0 Å². The fourth-order valence-electron chi connectivity index (χ4n) is 1.40.